The van der Waals surface area contributed by atoms with Crippen LogP contribution in [0.4, 0.5) is 4.39 Å². The van der Waals surface area contributed by atoms with E-state index in [0.29, 0.717) is 4.47 Å². The van der Waals surface area contributed by atoms with Crippen molar-refractivity contribution in [1.82, 2.24) is 9.55 Å². The van der Waals surface area contributed by atoms with Crippen LogP contribution in [0.25, 0.3) is 5.69 Å². The molecule has 2 rings (SSSR count). The smallest absolute Gasteiger partial charge is 0.139 e. The molecular formula is C10H8BrFN2. The fourth-order valence-corrected chi connectivity index (χ4v) is 1.45. The molecule has 0 aliphatic rings. The van der Waals surface area contributed by atoms with Crippen molar-refractivity contribution in [3.8, 4) is 5.69 Å². The summed E-state index contributed by atoms with van der Waals surface area (Å²) in [6, 6.07) is 4.97. The Morgan fingerprint density at radius 2 is 2.21 bits per heavy atom. The summed E-state index contributed by atoms with van der Waals surface area (Å²) in [6.45, 7) is 1.89. The number of hydrogen-bond acceptors (Lipinski definition) is 1. The molecule has 0 amide bonds. The highest BCUT2D eigenvalue weighted by molar-refractivity contribution is 9.10. The van der Waals surface area contributed by atoms with E-state index in [1.807, 2.05) is 19.2 Å². The van der Waals surface area contributed by atoms with Gasteiger partial charge in [0.2, 0.25) is 0 Å². The SMILES string of the molecule is Cc1cn(-c2ccc(Br)c(F)c2)cn1. The average molecular weight is 255 g/mol. The van der Waals surface area contributed by atoms with Gasteiger partial charge in [0, 0.05) is 11.9 Å². The van der Waals surface area contributed by atoms with Gasteiger partial charge in [0.05, 0.1) is 16.5 Å². The van der Waals surface area contributed by atoms with E-state index in [4.69, 9.17) is 0 Å². The van der Waals surface area contributed by atoms with Gasteiger partial charge in [0.25, 0.3) is 0 Å². The van der Waals surface area contributed by atoms with Crippen molar-refractivity contribution in [3.05, 3.63) is 46.7 Å². The molecule has 0 atom stereocenters. The summed E-state index contributed by atoms with van der Waals surface area (Å²) in [7, 11) is 0. The number of rotatable bonds is 1. The molecule has 14 heavy (non-hydrogen) atoms. The van der Waals surface area contributed by atoms with Gasteiger partial charge >= 0.3 is 0 Å². The minimum absolute atomic E-state index is 0.270. The third kappa shape index (κ3) is 1.70. The van der Waals surface area contributed by atoms with Crippen molar-refractivity contribution < 1.29 is 4.39 Å². The highest BCUT2D eigenvalue weighted by atomic mass is 79.9. The molecule has 0 bridgehead atoms. The average Bonchev–Trinajstić information content (AvgIpc) is 2.57. The Morgan fingerprint density at radius 3 is 2.79 bits per heavy atom. The zero-order valence-corrected chi connectivity index (χ0v) is 9.12. The van der Waals surface area contributed by atoms with Gasteiger partial charge < -0.3 is 4.57 Å². The lowest BCUT2D eigenvalue weighted by molar-refractivity contribution is 0.620. The first-order valence-electron chi connectivity index (χ1n) is 4.13. The van der Waals surface area contributed by atoms with Crippen molar-refractivity contribution in [2.45, 2.75) is 6.92 Å². The van der Waals surface area contributed by atoms with Crippen LogP contribution >= 0.6 is 15.9 Å². The topological polar surface area (TPSA) is 17.8 Å². The largest absolute Gasteiger partial charge is 0.306 e. The van der Waals surface area contributed by atoms with Crippen molar-refractivity contribution in [3.63, 3.8) is 0 Å². The molecule has 2 nitrogen and oxygen atoms in total. The highest BCUT2D eigenvalue weighted by Gasteiger charge is 2.02. The number of aromatic nitrogens is 2. The van der Waals surface area contributed by atoms with Crippen LogP contribution in [0.3, 0.4) is 0 Å². The minimum atomic E-state index is -0.270. The summed E-state index contributed by atoms with van der Waals surface area (Å²) < 4.78 is 15.4. The van der Waals surface area contributed by atoms with E-state index in [-0.39, 0.29) is 5.82 Å². The maximum absolute atomic E-state index is 13.2. The van der Waals surface area contributed by atoms with Gasteiger partial charge in [-0.3, -0.25) is 0 Å². The van der Waals surface area contributed by atoms with E-state index in [9.17, 15) is 4.39 Å². The molecule has 0 aliphatic carbocycles. The second kappa shape index (κ2) is 3.53. The van der Waals surface area contributed by atoms with Crippen molar-refractivity contribution in [2.75, 3.05) is 0 Å². The zero-order valence-electron chi connectivity index (χ0n) is 7.54. The quantitative estimate of drug-likeness (QED) is 0.765. The van der Waals surface area contributed by atoms with Crippen LogP contribution in [0.15, 0.2) is 35.2 Å². The van der Waals surface area contributed by atoms with E-state index >= 15 is 0 Å². The van der Waals surface area contributed by atoms with Crippen LogP contribution < -0.4 is 0 Å². The Bertz CT molecular complexity index is 465. The highest BCUT2D eigenvalue weighted by Crippen LogP contribution is 2.18. The molecule has 0 unspecified atom stereocenters. The number of nitrogens with zero attached hydrogens (tertiary/aromatic N) is 2. The number of imidazole rings is 1. The van der Waals surface area contributed by atoms with E-state index in [1.165, 1.54) is 6.07 Å². The maximum Gasteiger partial charge on any atom is 0.139 e. The number of aryl methyl sites for hydroxylation is 1. The van der Waals surface area contributed by atoms with Gasteiger partial charge in [-0.25, -0.2) is 9.37 Å². The summed E-state index contributed by atoms with van der Waals surface area (Å²) >= 11 is 3.11. The Balaban J connectivity index is 2.47. The Labute approximate surface area is 89.5 Å². The normalized spacial score (nSPS) is 10.5. The fraction of sp³-hybridized carbons (Fsp3) is 0.100. The molecule has 4 heteroatoms. The lowest BCUT2D eigenvalue weighted by Crippen LogP contribution is -1.91. The molecular weight excluding hydrogens is 247 g/mol. The molecule has 0 aliphatic heterocycles. The predicted octanol–water partition coefficient (Wildman–Crippen LogP) is 3.08. The number of halogens is 2. The first-order valence-corrected chi connectivity index (χ1v) is 4.92. The number of benzene rings is 1. The summed E-state index contributed by atoms with van der Waals surface area (Å²) in [5, 5.41) is 0. The molecule has 0 saturated heterocycles. The summed E-state index contributed by atoms with van der Waals surface area (Å²) in [5.41, 5.74) is 1.68. The predicted molar refractivity (Wildman–Crippen MR) is 56.0 cm³/mol. The Kier molecular flexibility index (Phi) is 2.37. The van der Waals surface area contributed by atoms with Gasteiger partial charge in [-0.05, 0) is 41.1 Å². The van der Waals surface area contributed by atoms with Crippen LogP contribution in [0.2, 0.25) is 0 Å². The van der Waals surface area contributed by atoms with E-state index in [2.05, 4.69) is 20.9 Å². The third-order valence-electron chi connectivity index (χ3n) is 1.91. The maximum atomic E-state index is 13.2. The van der Waals surface area contributed by atoms with Crippen LogP contribution in [0, 0.1) is 12.7 Å². The van der Waals surface area contributed by atoms with Gasteiger partial charge in [0.15, 0.2) is 0 Å². The molecule has 1 heterocycles. The Morgan fingerprint density at radius 1 is 1.43 bits per heavy atom. The van der Waals surface area contributed by atoms with E-state index < -0.39 is 0 Å². The standard InChI is InChI=1S/C10H8BrFN2/c1-7-5-14(6-13-7)8-2-3-9(11)10(12)4-8/h2-6H,1H3. The molecule has 0 N–H and O–H groups in total. The molecule has 2 aromatic rings. The monoisotopic (exact) mass is 254 g/mol. The summed E-state index contributed by atoms with van der Waals surface area (Å²) in [4.78, 5) is 4.07. The lowest BCUT2D eigenvalue weighted by Gasteiger charge is -2.02. The third-order valence-corrected chi connectivity index (χ3v) is 2.56. The van der Waals surface area contributed by atoms with E-state index in [1.54, 1.807) is 17.0 Å². The van der Waals surface area contributed by atoms with Crippen LogP contribution in [-0.4, -0.2) is 9.55 Å². The molecule has 0 fully saturated rings. The minimum Gasteiger partial charge on any atom is -0.306 e. The molecule has 1 aromatic carbocycles. The molecule has 72 valence electrons. The second-order valence-corrected chi connectivity index (χ2v) is 3.88. The van der Waals surface area contributed by atoms with Gasteiger partial charge in [-0.15, -0.1) is 0 Å². The van der Waals surface area contributed by atoms with Gasteiger partial charge in [-0.2, -0.15) is 0 Å². The van der Waals surface area contributed by atoms with Crippen molar-refractivity contribution in [1.29, 1.82) is 0 Å². The second-order valence-electron chi connectivity index (χ2n) is 3.02. The number of hydrogen-bond donors (Lipinski definition) is 0. The van der Waals surface area contributed by atoms with Crippen LogP contribution in [0.5, 0.6) is 0 Å². The van der Waals surface area contributed by atoms with E-state index in [0.717, 1.165) is 11.4 Å². The summed E-state index contributed by atoms with van der Waals surface area (Å²) in [6.07, 6.45) is 3.51. The van der Waals surface area contributed by atoms with Crippen molar-refractivity contribution >= 4 is 15.9 Å². The lowest BCUT2D eigenvalue weighted by atomic mass is 10.3. The van der Waals surface area contributed by atoms with Crippen molar-refractivity contribution in [2.24, 2.45) is 0 Å². The first-order chi connectivity index (χ1) is 6.66. The molecule has 0 spiro atoms. The molecule has 1 aromatic heterocycles. The van der Waals surface area contributed by atoms with Gasteiger partial charge in [-0.1, -0.05) is 0 Å². The fourth-order valence-electron chi connectivity index (χ4n) is 1.21. The Hall–Kier alpha value is -1.16. The van der Waals surface area contributed by atoms with Crippen LogP contribution in [-0.2, 0) is 0 Å². The van der Waals surface area contributed by atoms with Crippen LogP contribution in [0.1, 0.15) is 5.69 Å². The summed E-state index contributed by atoms with van der Waals surface area (Å²) in [5.74, 6) is -0.270. The molecule has 0 saturated carbocycles. The molecule has 0 radical (unpaired) electrons. The van der Waals surface area contributed by atoms with Gasteiger partial charge in [0.1, 0.15) is 5.82 Å². The zero-order chi connectivity index (χ0) is 10.1. The first kappa shape index (κ1) is 9.40.